The maximum Gasteiger partial charge on any atom is 0.167 e. The molecule has 1 aromatic carbocycles. The third kappa shape index (κ3) is 2.26. The number of carbonyl (C=O) groups excluding carboxylic acids is 1. The zero-order valence-corrected chi connectivity index (χ0v) is 9.12. The average molecular weight is 203 g/mol. The summed E-state index contributed by atoms with van der Waals surface area (Å²) in [5.41, 5.74) is 2.15. The highest BCUT2D eigenvalue weighted by molar-refractivity contribution is 5.98. The summed E-state index contributed by atoms with van der Waals surface area (Å²) in [7, 11) is 0. The maximum absolute atomic E-state index is 12.0. The van der Waals surface area contributed by atoms with Crippen molar-refractivity contribution in [3.8, 4) is 0 Å². The van der Waals surface area contributed by atoms with Crippen molar-refractivity contribution in [1.29, 1.82) is 0 Å². The standard InChI is InChI=1S/C13H17NO/c1-2-10-3-5-11(6-4-10)13(15)12-7-8-14-9-12/h3-6,12,14H,2,7-9H2,1H3. The molecule has 1 fully saturated rings. The summed E-state index contributed by atoms with van der Waals surface area (Å²) in [5.74, 6) is 0.486. The Labute approximate surface area is 90.7 Å². The van der Waals surface area contributed by atoms with E-state index in [1.165, 1.54) is 5.56 Å². The highest BCUT2D eigenvalue weighted by Crippen LogP contribution is 2.16. The molecule has 0 radical (unpaired) electrons. The van der Waals surface area contributed by atoms with Crippen molar-refractivity contribution in [3.05, 3.63) is 35.4 Å². The van der Waals surface area contributed by atoms with Crippen LogP contribution in [-0.4, -0.2) is 18.9 Å². The van der Waals surface area contributed by atoms with E-state index in [2.05, 4.69) is 24.4 Å². The van der Waals surface area contributed by atoms with Crippen LogP contribution in [0.1, 0.15) is 29.3 Å². The van der Waals surface area contributed by atoms with E-state index in [9.17, 15) is 4.79 Å². The zero-order chi connectivity index (χ0) is 10.7. The molecule has 1 aromatic rings. The third-order valence-corrected chi connectivity index (χ3v) is 3.08. The second-order valence-corrected chi connectivity index (χ2v) is 4.10. The molecule has 1 N–H and O–H groups in total. The van der Waals surface area contributed by atoms with Gasteiger partial charge in [-0.25, -0.2) is 0 Å². The van der Waals surface area contributed by atoms with Gasteiger partial charge in [0.05, 0.1) is 0 Å². The number of carbonyl (C=O) groups is 1. The Bertz CT molecular complexity index is 336. The lowest BCUT2D eigenvalue weighted by Crippen LogP contribution is -2.17. The van der Waals surface area contributed by atoms with Gasteiger partial charge < -0.3 is 5.32 Å². The first-order valence-electron chi connectivity index (χ1n) is 5.65. The molecule has 1 aliphatic rings. The topological polar surface area (TPSA) is 29.1 Å². The smallest absolute Gasteiger partial charge is 0.167 e. The molecule has 1 unspecified atom stereocenters. The van der Waals surface area contributed by atoms with Gasteiger partial charge in [-0.2, -0.15) is 0 Å². The SMILES string of the molecule is CCc1ccc(C(=O)C2CCNC2)cc1. The first-order chi connectivity index (χ1) is 7.31. The van der Waals surface area contributed by atoms with Crippen molar-refractivity contribution < 1.29 is 4.79 Å². The van der Waals surface area contributed by atoms with Crippen LogP contribution in [0, 0.1) is 5.92 Å². The monoisotopic (exact) mass is 203 g/mol. The van der Waals surface area contributed by atoms with Crippen LogP contribution >= 0.6 is 0 Å². The lowest BCUT2D eigenvalue weighted by Gasteiger charge is -2.07. The Morgan fingerprint density at radius 1 is 1.40 bits per heavy atom. The largest absolute Gasteiger partial charge is 0.316 e. The minimum absolute atomic E-state index is 0.192. The van der Waals surface area contributed by atoms with Gasteiger partial charge in [-0.1, -0.05) is 31.2 Å². The number of benzene rings is 1. The minimum atomic E-state index is 0.192. The Balaban J connectivity index is 2.11. The van der Waals surface area contributed by atoms with Crippen LogP contribution in [0.5, 0.6) is 0 Å². The highest BCUT2D eigenvalue weighted by Gasteiger charge is 2.23. The van der Waals surface area contributed by atoms with Crippen molar-refractivity contribution in [2.75, 3.05) is 13.1 Å². The molecule has 0 amide bonds. The number of rotatable bonds is 3. The van der Waals surface area contributed by atoms with Crippen molar-refractivity contribution in [1.82, 2.24) is 5.32 Å². The minimum Gasteiger partial charge on any atom is -0.316 e. The molecule has 0 aliphatic carbocycles. The molecule has 0 aromatic heterocycles. The first-order valence-corrected chi connectivity index (χ1v) is 5.65. The fourth-order valence-electron chi connectivity index (χ4n) is 2.02. The van der Waals surface area contributed by atoms with Crippen LogP contribution in [0.4, 0.5) is 0 Å². The van der Waals surface area contributed by atoms with E-state index >= 15 is 0 Å². The van der Waals surface area contributed by atoms with Crippen molar-refractivity contribution in [3.63, 3.8) is 0 Å². The summed E-state index contributed by atoms with van der Waals surface area (Å²) >= 11 is 0. The van der Waals surface area contributed by atoms with E-state index in [0.717, 1.165) is 31.5 Å². The Kier molecular flexibility index (Phi) is 3.17. The molecule has 0 bridgehead atoms. The van der Waals surface area contributed by atoms with E-state index in [4.69, 9.17) is 0 Å². The molecule has 0 spiro atoms. The van der Waals surface area contributed by atoms with E-state index in [1.54, 1.807) is 0 Å². The third-order valence-electron chi connectivity index (χ3n) is 3.08. The Hall–Kier alpha value is -1.15. The second kappa shape index (κ2) is 4.58. The summed E-state index contributed by atoms with van der Waals surface area (Å²) in [6.45, 7) is 3.94. The quantitative estimate of drug-likeness (QED) is 0.762. The van der Waals surface area contributed by atoms with Crippen LogP contribution in [0.25, 0.3) is 0 Å². The Morgan fingerprint density at radius 3 is 2.67 bits per heavy atom. The van der Waals surface area contributed by atoms with Gasteiger partial charge in [0, 0.05) is 18.0 Å². The van der Waals surface area contributed by atoms with E-state index in [1.807, 2.05) is 12.1 Å². The normalized spacial score (nSPS) is 20.5. The maximum atomic E-state index is 12.0. The van der Waals surface area contributed by atoms with Crippen molar-refractivity contribution in [2.45, 2.75) is 19.8 Å². The number of hydrogen-bond donors (Lipinski definition) is 1. The van der Waals surface area contributed by atoms with Gasteiger partial charge in [0.15, 0.2) is 5.78 Å². The fraction of sp³-hybridized carbons (Fsp3) is 0.462. The summed E-state index contributed by atoms with van der Waals surface area (Å²) < 4.78 is 0. The van der Waals surface area contributed by atoms with Gasteiger partial charge >= 0.3 is 0 Å². The number of Topliss-reactive ketones (excluding diaryl/α,β-unsaturated/α-hetero) is 1. The number of hydrogen-bond acceptors (Lipinski definition) is 2. The number of ketones is 1. The molecule has 1 heterocycles. The molecule has 15 heavy (non-hydrogen) atoms. The van der Waals surface area contributed by atoms with Gasteiger partial charge in [-0.15, -0.1) is 0 Å². The molecule has 80 valence electrons. The summed E-state index contributed by atoms with van der Waals surface area (Å²) in [4.78, 5) is 12.0. The van der Waals surface area contributed by atoms with Crippen LogP contribution < -0.4 is 5.32 Å². The van der Waals surface area contributed by atoms with Gasteiger partial charge in [0.2, 0.25) is 0 Å². The van der Waals surface area contributed by atoms with Crippen LogP contribution in [0.2, 0.25) is 0 Å². The number of aryl methyl sites for hydroxylation is 1. The lowest BCUT2D eigenvalue weighted by atomic mass is 9.96. The van der Waals surface area contributed by atoms with Crippen molar-refractivity contribution in [2.24, 2.45) is 5.92 Å². The molecule has 1 atom stereocenters. The van der Waals surface area contributed by atoms with Crippen LogP contribution in [-0.2, 0) is 6.42 Å². The molecular weight excluding hydrogens is 186 g/mol. The van der Waals surface area contributed by atoms with Crippen LogP contribution in [0.15, 0.2) is 24.3 Å². The summed E-state index contributed by atoms with van der Waals surface area (Å²) in [5, 5.41) is 3.22. The molecule has 0 saturated carbocycles. The average Bonchev–Trinajstić information content (AvgIpc) is 2.82. The first kappa shape index (κ1) is 10.4. The molecule has 1 saturated heterocycles. The predicted octanol–water partition coefficient (Wildman–Crippen LogP) is 2.04. The summed E-state index contributed by atoms with van der Waals surface area (Å²) in [6.07, 6.45) is 2.01. The Morgan fingerprint density at radius 2 is 2.13 bits per heavy atom. The molecule has 2 rings (SSSR count). The van der Waals surface area contributed by atoms with E-state index in [0.29, 0.717) is 5.78 Å². The van der Waals surface area contributed by atoms with Gasteiger partial charge in [0.1, 0.15) is 0 Å². The van der Waals surface area contributed by atoms with Gasteiger partial charge in [-0.05, 0) is 24.9 Å². The molecule has 2 nitrogen and oxygen atoms in total. The molecule has 1 aliphatic heterocycles. The van der Waals surface area contributed by atoms with Gasteiger partial charge in [-0.3, -0.25) is 4.79 Å². The van der Waals surface area contributed by atoms with Gasteiger partial charge in [0.25, 0.3) is 0 Å². The van der Waals surface area contributed by atoms with E-state index < -0.39 is 0 Å². The zero-order valence-electron chi connectivity index (χ0n) is 9.12. The number of nitrogens with one attached hydrogen (secondary N) is 1. The predicted molar refractivity (Wildman–Crippen MR) is 61.1 cm³/mol. The second-order valence-electron chi connectivity index (χ2n) is 4.10. The van der Waals surface area contributed by atoms with Crippen LogP contribution in [0.3, 0.4) is 0 Å². The highest BCUT2D eigenvalue weighted by atomic mass is 16.1. The molecule has 2 heteroatoms. The molecular formula is C13H17NO. The van der Waals surface area contributed by atoms with Crippen molar-refractivity contribution >= 4 is 5.78 Å². The lowest BCUT2D eigenvalue weighted by molar-refractivity contribution is 0.0930. The van der Waals surface area contributed by atoms with E-state index in [-0.39, 0.29) is 5.92 Å². The summed E-state index contributed by atoms with van der Waals surface area (Å²) in [6, 6.07) is 8.02. The fourth-order valence-corrected chi connectivity index (χ4v) is 2.02.